The maximum absolute atomic E-state index is 12.3. The lowest BCUT2D eigenvalue weighted by Crippen LogP contribution is -2.14. The number of benzene rings is 2. The summed E-state index contributed by atoms with van der Waals surface area (Å²) in [5.74, 6) is 1.46. The number of nitrogens with one attached hydrogen (secondary N) is 1. The second kappa shape index (κ2) is 9.25. The van der Waals surface area contributed by atoms with Crippen LogP contribution >= 0.6 is 34.7 Å². The molecule has 2 aromatic carbocycles. The fraction of sp³-hybridized carbons (Fsp3) is 0.238. The molecule has 1 N–H and O–H groups in total. The Bertz CT molecular complexity index is 1200. The van der Waals surface area contributed by atoms with Gasteiger partial charge in [0.15, 0.2) is 16.1 Å². The molecule has 4 aromatic rings. The number of rotatable bonds is 7. The smallest absolute Gasteiger partial charge is 0.236 e. The van der Waals surface area contributed by atoms with Crippen molar-refractivity contribution in [2.24, 2.45) is 7.05 Å². The zero-order valence-corrected chi connectivity index (χ0v) is 19.6. The van der Waals surface area contributed by atoms with E-state index in [9.17, 15) is 4.79 Å². The number of anilines is 1. The number of thiazole rings is 1. The van der Waals surface area contributed by atoms with Crippen LogP contribution in [0.3, 0.4) is 0 Å². The number of hydrogen-bond donors (Lipinski definition) is 1. The van der Waals surface area contributed by atoms with E-state index in [1.807, 2.05) is 61.9 Å². The zero-order chi connectivity index (χ0) is 22.0. The van der Waals surface area contributed by atoms with Crippen LogP contribution < -0.4 is 10.1 Å². The third kappa shape index (κ3) is 5.00. The zero-order valence-electron chi connectivity index (χ0n) is 17.2. The van der Waals surface area contributed by atoms with E-state index in [4.69, 9.17) is 16.3 Å². The van der Waals surface area contributed by atoms with Crippen LogP contribution in [0.15, 0.2) is 41.6 Å². The number of nitrogens with zero attached hydrogens (tertiary/aromatic N) is 4. The van der Waals surface area contributed by atoms with E-state index < -0.39 is 0 Å². The van der Waals surface area contributed by atoms with E-state index in [2.05, 4.69) is 20.5 Å². The Labute approximate surface area is 192 Å². The largest absolute Gasteiger partial charge is 0.486 e. The quantitative estimate of drug-likeness (QED) is 0.380. The number of carbonyl (C=O) groups is 1. The third-order valence-electron chi connectivity index (χ3n) is 4.58. The predicted octanol–water partition coefficient (Wildman–Crippen LogP) is 5.00. The van der Waals surface area contributed by atoms with Gasteiger partial charge in [-0.15, -0.1) is 10.2 Å². The van der Waals surface area contributed by atoms with Gasteiger partial charge in [0.05, 0.1) is 16.0 Å². The Kier molecular flexibility index (Phi) is 6.45. The molecule has 0 unspecified atom stereocenters. The Hall–Kier alpha value is -2.62. The molecule has 0 saturated carbocycles. The van der Waals surface area contributed by atoms with Crippen molar-refractivity contribution in [2.75, 3.05) is 11.1 Å². The molecule has 2 aromatic heterocycles. The minimum Gasteiger partial charge on any atom is -0.486 e. The van der Waals surface area contributed by atoms with Gasteiger partial charge in [0.1, 0.15) is 12.4 Å². The molecule has 0 aliphatic carbocycles. The van der Waals surface area contributed by atoms with Gasteiger partial charge in [-0.25, -0.2) is 4.98 Å². The summed E-state index contributed by atoms with van der Waals surface area (Å²) in [6, 6.07) is 11.6. The monoisotopic (exact) mass is 473 g/mol. The van der Waals surface area contributed by atoms with Crippen LogP contribution in [0.5, 0.6) is 5.75 Å². The van der Waals surface area contributed by atoms with Crippen molar-refractivity contribution in [3.05, 3.63) is 58.4 Å². The first-order valence-electron chi connectivity index (χ1n) is 9.46. The number of ether oxygens (including phenoxy) is 1. The van der Waals surface area contributed by atoms with Gasteiger partial charge in [-0.1, -0.05) is 46.8 Å². The number of amides is 1. The topological polar surface area (TPSA) is 81.9 Å². The highest BCUT2D eigenvalue weighted by Crippen LogP contribution is 2.27. The van der Waals surface area contributed by atoms with Crippen molar-refractivity contribution in [3.8, 4) is 5.75 Å². The lowest BCUT2D eigenvalue weighted by atomic mass is 10.1. The molecule has 0 aliphatic rings. The summed E-state index contributed by atoms with van der Waals surface area (Å²) in [5.41, 5.74) is 2.80. The first kappa shape index (κ1) is 21.6. The van der Waals surface area contributed by atoms with Gasteiger partial charge in [-0.3, -0.25) is 4.79 Å². The molecular weight excluding hydrogens is 454 g/mol. The van der Waals surface area contributed by atoms with Crippen molar-refractivity contribution in [3.63, 3.8) is 0 Å². The highest BCUT2D eigenvalue weighted by atomic mass is 35.5. The van der Waals surface area contributed by atoms with Crippen LogP contribution in [0, 0.1) is 13.8 Å². The minimum atomic E-state index is -0.142. The highest BCUT2D eigenvalue weighted by Gasteiger charge is 2.14. The average molecular weight is 474 g/mol. The van der Waals surface area contributed by atoms with Crippen LogP contribution in [0.1, 0.15) is 17.0 Å². The third-order valence-corrected chi connectivity index (χ3v) is 7.14. The summed E-state index contributed by atoms with van der Waals surface area (Å²) < 4.78 is 8.72. The molecule has 0 atom stereocenters. The van der Waals surface area contributed by atoms with Crippen molar-refractivity contribution in [1.29, 1.82) is 0 Å². The van der Waals surface area contributed by atoms with Gasteiger partial charge in [0.25, 0.3) is 0 Å². The van der Waals surface area contributed by atoms with Crippen molar-refractivity contribution >= 4 is 56.0 Å². The van der Waals surface area contributed by atoms with Gasteiger partial charge in [-0.2, -0.15) is 0 Å². The number of hydrogen-bond acceptors (Lipinski definition) is 7. The van der Waals surface area contributed by atoms with E-state index in [1.165, 1.54) is 23.1 Å². The van der Waals surface area contributed by atoms with Crippen LogP contribution in [0.4, 0.5) is 5.13 Å². The lowest BCUT2D eigenvalue weighted by Gasteiger charge is -2.10. The molecule has 2 heterocycles. The molecule has 0 fully saturated rings. The average Bonchev–Trinajstić information content (AvgIpc) is 3.31. The number of para-hydroxylation sites is 1. The minimum absolute atomic E-state index is 0.142. The molecule has 0 radical (unpaired) electrons. The first-order valence-corrected chi connectivity index (χ1v) is 11.6. The van der Waals surface area contributed by atoms with Crippen molar-refractivity contribution < 1.29 is 9.53 Å². The summed E-state index contributed by atoms with van der Waals surface area (Å²) in [7, 11) is 1.85. The van der Waals surface area contributed by atoms with Crippen molar-refractivity contribution in [2.45, 2.75) is 25.6 Å². The molecule has 0 saturated heterocycles. The first-order chi connectivity index (χ1) is 14.9. The maximum Gasteiger partial charge on any atom is 0.236 e. The Morgan fingerprint density at radius 2 is 1.97 bits per heavy atom. The molecule has 0 spiro atoms. The van der Waals surface area contributed by atoms with Gasteiger partial charge in [0, 0.05) is 12.1 Å². The number of fused-ring (bicyclic) bond motifs is 1. The molecular formula is C21H20ClN5O2S2. The SMILES string of the molecule is Cc1cc(OCc2nnc(SCC(=O)Nc3nc4ccccc4s3)n2C)cc(C)c1Cl. The molecule has 1 amide bonds. The van der Waals surface area contributed by atoms with E-state index in [1.54, 1.807) is 0 Å². The van der Waals surface area contributed by atoms with E-state index in [-0.39, 0.29) is 18.3 Å². The van der Waals surface area contributed by atoms with E-state index in [0.29, 0.717) is 16.1 Å². The van der Waals surface area contributed by atoms with Gasteiger partial charge < -0.3 is 14.6 Å². The number of thioether (sulfide) groups is 1. The number of aryl methyl sites for hydroxylation is 2. The summed E-state index contributed by atoms with van der Waals surface area (Å²) in [6.45, 7) is 4.15. The molecule has 7 nitrogen and oxygen atoms in total. The van der Waals surface area contributed by atoms with Crippen LogP contribution in [0.2, 0.25) is 5.02 Å². The highest BCUT2D eigenvalue weighted by molar-refractivity contribution is 7.99. The molecule has 31 heavy (non-hydrogen) atoms. The molecule has 10 heteroatoms. The van der Waals surface area contributed by atoms with Gasteiger partial charge in [-0.05, 0) is 49.2 Å². The van der Waals surface area contributed by atoms with Gasteiger partial charge in [0.2, 0.25) is 5.91 Å². The van der Waals surface area contributed by atoms with Gasteiger partial charge >= 0.3 is 0 Å². The summed E-state index contributed by atoms with van der Waals surface area (Å²) >= 11 is 8.97. The standard InChI is InChI=1S/C21H20ClN5O2S2/c1-12-8-14(9-13(2)19(12)22)29-10-17-25-26-21(27(17)3)30-11-18(28)24-20-23-15-6-4-5-7-16(15)31-20/h4-9H,10-11H2,1-3H3,(H,23,24,28). The Morgan fingerprint density at radius 3 is 2.71 bits per heavy atom. The Balaban J connectivity index is 1.33. The van der Waals surface area contributed by atoms with Crippen LogP contribution in [-0.4, -0.2) is 31.4 Å². The molecule has 4 rings (SSSR count). The maximum atomic E-state index is 12.3. The normalized spacial score (nSPS) is 11.1. The fourth-order valence-corrected chi connectivity index (χ4v) is 4.67. The fourth-order valence-electron chi connectivity index (χ4n) is 2.94. The number of carbonyl (C=O) groups excluding carboxylic acids is 1. The molecule has 160 valence electrons. The van der Waals surface area contributed by atoms with E-state index >= 15 is 0 Å². The lowest BCUT2D eigenvalue weighted by molar-refractivity contribution is -0.113. The Morgan fingerprint density at radius 1 is 1.23 bits per heavy atom. The summed E-state index contributed by atoms with van der Waals surface area (Å²) in [6.07, 6.45) is 0. The number of aromatic nitrogens is 4. The van der Waals surface area contributed by atoms with E-state index in [0.717, 1.165) is 32.1 Å². The van der Waals surface area contributed by atoms with Crippen LogP contribution in [0.25, 0.3) is 10.2 Å². The summed E-state index contributed by atoms with van der Waals surface area (Å²) in [4.78, 5) is 16.7. The summed E-state index contributed by atoms with van der Waals surface area (Å²) in [5, 5.41) is 13.2. The predicted molar refractivity (Wildman–Crippen MR) is 125 cm³/mol. The second-order valence-electron chi connectivity index (χ2n) is 6.94. The van der Waals surface area contributed by atoms with Crippen molar-refractivity contribution in [1.82, 2.24) is 19.7 Å². The second-order valence-corrected chi connectivity index (χ2v) is 9.29. The van der Waals surface area contributed by atoms with Crippen LogP contribution in [-0.2, 0) is 18.4 Å². The number of halogens is 1. The molecule has 0 aliphatic heterocycles. The molecule has 0 bridgehead atoms.